The second-order valence-electron chi connectivity index (χ2n) is 4.60. The quantitative estimate of drug-likeness (QED) is 0.550. The van der Waals surface area contributed by atoms with Crippen molar-refractivity contribution in [2.75, 3.05) is 6.61 Å². The fourth-order valence-corrected chi connectivity index (χ4v) is 2.25. The number of aromatic nitrogens is 1. The molecule has 7 heteroatoms. The lowest BCUT2D eigenvalue weighted by Gasteiger charge is -2.08. The largest absolute Gasteiger partial charge is 0.493 e. The minimum absolute atomic E-state index is 0.115. The van der Waals surface area contributed by atoms with Gasteiger partial charge in [0.05, 0.1) is 11.5 Å². The fourth-order valence-electron chi connectivity index (χ4n) is 1.87. The van der Waals surface area contributed by atoms with E-state index in [1.165, 1.54) is 13.0 Å². The Labute approximate surface area is 136 Å². The predicted octanol–water partition coefficient (Wildman–Crippen LogP) is 4.61. The van der Waals surface area contributed by atoms with E-state index in [0.29, 0.717) is 12.4 Å². The Hall–Kier alpha value is -2.15. The van der Waals surface area contributed by atoms with Crippen molar-refractivity contribution >= 4 is 33.8 Å². The van der Waals surface area contributed by atoms with Gasteiger partial charge >= 0.3 is 5.69 Å². The first-order valence-electron chi connectivity index (χ1n) is 6.74. The van der Waals surface area contributed by atoms with Crippen LogP contribution in [0.2, 0.25) is 0 Å². The van der Waals surface area contributed by atoms with Gasteiger partial charge in [-0.3, -0.25) is 10.1 Å². The first kappa shape index (κ1) is 16.2. The number of aryl methyl sites for hydroxylation is 1. The molecule has 2 aromatic rings. The lowest BCUT2D eigenvalue weighted by atomic mass is 10.1. The van der Waals surface area contributed by atoms with Gasteiger partial charge in [-0.15, -0.1) is 0 Å². The molecule has 116 valence electrons. The number of nitrogens with zero attached hydrogens (tertiary/aromatic N) is 2. The van der Waals surface area contributed by atoms with Gasteiger partial charge < -0.3 is 9.26 Å². The average molecular weight is 367 g/mol. The zero-order valence-electron chi connectivity index (χ0n) is 12.2. The van der Waals surface area contributed by atoms with Crippen molar-refractivity contribution in [2.45, 2.75) is 20.3 Å². The molecule has 22 heavy (non-hydrogen) atoms. The minimum atomic E-state index is -0.499. The molecule has 6 nitrogen and oxygen atoms in total. The maximum absolute atomic E-state index is 11.0. The summed E-state index contributed by atoms with van der Waals surface area (Å²) in [7, 11) is 0. The average Bonchev–Trinajstić information content (AvgIpc) is 2.85. The molecular formula is C15H15BrN2O4. The molecule has 0 N–H and O–H groups in total. The molecule has 1 heterocycles. The minimum Gasteiger partial charge on any atom is -0.493 e. The number of nitro groups is 1. The Kier molecular flexibility index (Phi) is 5.32. The maximum Gasteiger partial charge on any atom is 0.338 e. The van der Waals surface area contributed by atoms with E-state index in [4.69, 9.17) is 9.26 Å². The van der Waals surface area contributed by atoms with Gasteiger partial charge in [0.2, 0.25) is 5.76 Å². The van der Waals surface area contributed by atoms with E-state index in [9.17, 15) is 10.1 Å². The van der Waals surface area contributed by atoms with E-state index in [0.717, 1.165) is 16.5 Å². The SMILES string of the molecule is CCCOc1ccc(Br)cc1C=Cc1onc(C)c1[N+](=O)[O-]. The molecule has 0 aliphatic heterocycles. The van der Waals surface area contributed by atoms with Crippen molar-refractivity contribution in [1.82, 2.24) is 5.16 Å². The van der Waals surface area contributed by atoms with Crippen LogP contribution in [0.5, 0.6) is 5.75 Å². The molecule has 0 amide bonds. The van der Waals surface area contributed by atoms with Gasteiger partial charge in [0.1, 0.15) is 5.75 Å². The highest BCUT2D eigenvalue weighted by Crippen LogP contribution is 2.28. The van der Waals surface area contributed by atoms with Crippen LogP contribution >= 0.6 is 15.9 Å². The first-order chi connectivity index (χ1) is 10.5. The number of halogens is 1. The standard InChI is InChI=1S/C15H15BrN2O4/c1-3-8-21-13-7-5-12(16)9-11(13)4-6-14-15(18(19)20)10(2)17-22-14/h4-7,9H,3,8H2,1-2H3. The summed E-state index contributed by atoms with van der Waals surface area (Å²) in [5.41, 5.74) is 0.926. The van der Waals surface area contributed by atoms with Gasteiger partial charge in [-0.1, -0.05) is 28.0 Å². The van der Waals surface area contributed by atoms with Crippen LogP contribution in [0.15, 0.2) is 27.2 Å². The van der Waals surface area contributed by atoms with Gasteiger partial charge in [-0.2, -0.15) is 0 Å². The summed E-state index contributed by atoms with van der Waals surface area (Å²) in [6.45, 7) is 4.16. The first-order valence-corrected chi connectivity index (χ1v) is 7.53. The number of benzene rings is 1. The smallest absolute Gasteiger partial charge is 0.338 e. The Morgan fingerprint density at radius 2 is 2.23 bits per heavy atom. The number of hydrogen-bond donors (Lipinski definition) is 0. The summed E-state index contributed by atoms with van der Waals surface area (Å²) >= 11 is 3.40. The second-order valence-corrected chi connectivity index (χ2v) is 5.52. The number of hydrogen-bond acceptors (Lipinski definition) is 5. The van der Waals surface area contributed by atoms with Crippen LogP contribution in [0.25, 0.3) is 12.2 Å². The van der Waals surface area contributed by atoms with Crippen LogP contribution in [0.4, 0.5) is 5.69 Å². The summed E-state index contributed by atoms with van der Waals surface area (Å²) in [6, 6.07) is 5.60. The summed E-state index contributed by atoms with van der Waals surface area (Å²) in [4.78, 5) is 10.5. The summed E-state index contributed by atoms with van der Waals surface area (Å²) < 4.78 is 11.5. The molecule has 2 rings (SSSR count). The van der Waals surface area contributed by atoms with Gasteiger partial charge in [0.25, 0.3) is 0 Å². The van der Waals surface area contributed by atoms with E-state index in [2.05, 4.69) is 21.1 Å². The highest BCUT2D eigenvalue weighted by molar-refractivity contribution is 9.10. The van der Waals surface area contributed by atoms with Crippen molar-refractivity contribution < 1.29 is 14.2 Å². The van der Waals surface area contributed by atoms with E-state index in [-0.39, 0.29) is 17.1 Å². The molecule has 0 radical (unpaired) electrons. The van der Waals surface area contributed by atoms with Gasteiger partial charge in [-0.25, -0.2) is 0 Å². The Morgan fingerprint density at radius 1 is 1.45 bits per heavy atom. The Morgan fingerprint density at radius 3 is 2.91 bits per heavy atom. The molecular weight excluding hydrogens is 352 g/mol. The Bertz CT molecular complexity index is 710. The van der Waals surface area contributed by atoms with Crippen molar-refractivity contribution in [1.29, 1.82) is 0 Å². The highest BCUT2D eigenvalue weighted by atomic mass is 79.9. The second kappa shape index (κ2) is 7.22. The molecule has 0 fully saturated rings. The lowest BCUT2D eigenvalue weighted by Crippen LogP contribution is -1.96. The van der Waals surface area contributed by atoms with Crippen LogP contribution < -0.4 is 4.74 Å². The van der Waals surface area contributed by atoms with Crippen LogP contribution in [0.3, 0.4) is 0 Å². The van der Waals surface area contributed by atoms with Gasteiger partial charge in [0, 0.05) is 10.0 Å². The van der Waals surface area contributed by atoms with Crippen molar-refractivity contribution in [3.8, 4) is 5.75 Å². The summed E-state index contributed by atoms with van der Waals surface area (Å²) in [5.74, 6) is 0.823. The summed E-state index contributed by atoms with van der Waals surface area (Å²) in [5, 5.41) is 14.6. The molecule has 1 aromatic heterocycles. The van der Waals surface area contributed by atoms with Crippen LogP contribution in [0, 0.1) is 17.0 Å². The Balaban J connectivity index is 2.33. The van der Waals surface area contributed by atoms with Crippen LogP contribution in [-0.4, -0.2) is 16.7 Å². The summed E-state index contributed by atoms with van der Waals surface area (Å²) in [6.07, 6.45) is 4.13. The highest BCUT2D eigenvalue weighted by Gasteiger charge is 2.22. The van der Waals surface area contributed by atoms with E-state index in [1.807, 2.05) is 25.1 Å². The molecule has 1 aromatic carbocycles. The molecule has 0 saturated carbocycles. The topological polar surface area (TPSA) is 78.4 Å². The molecule has 0 atom stereocenters. The monoisotopic (exact) mass is 366 g/mol. The van der Waals surface area contributed by atoms with Crippen LogP contribution in [-0.2, 0) is 0 Å². The molecule has 0 spiro atoms. The van der Waals surface area contributed by atoms with Crippen molar-refractivity contribution in [3.63, 3.8) is 0 Å². The van der Waals surface area contributed by atoms with Gasteiger partial charge in [-0.05, 0) is 43.7 Å². The fraction of sp³-hybridized carbons (Fsp3) is 0.267. The maximum atomic E-state index is 11.0. The molecule has 0 unspecified atom stereocenters. The third-order valence-electron chi connectivity index (χ3n) is 2.89. The van der Waals surface area contributed by atoms with Crippen molar-refractivity contribution in [3.05, 3.63) is 49.8 Å². The predicted molar refractivity (Wildman–Crippen MR) is 86.8 cm³/mol. The van der Waals surface area contributed by atoms with Crippen molar-refractivity contribution in [2.24, 2.45) is 0 Å². The zero-order chi connectivity index (χ0) is 16.1. The van der Waals surface area contributed by atoms with E-state index in [1.54, 1.807) is 6.08 Å². The van der Waals surface area contributed by atoms with E-state index >= 15 is 0 Å². The van der Waals surface area contributed by atoms with E-state index < -0.39 is 4.92 Å². The third kappa shape index (κ3) is 3.73. The molecule has 0 bridgehead atoms. The molecule has 0 aliphatic rings. The number of rotatable bonds is 6. The zero-order valence-corrected chi connectivity index (χ0v) is 13.8. The van der Waals surface area contributed by atoms with Crippen LogP contribution in [0.1, 0.15) is 30.4 Å². The normalized spacial score (nSPS) is 11.0. The van der Waals surface area contributed by atoms with Gasteiger partial charge in [0.15, 0.2) is 5.69 Å². The molecule has 0 saturated heterocycles. The number of ether oxygens (including phenoxy) is 1. The lowest BCUT2D eigenvalue weighted by molar-refractivity contribution is -0.386. The molecule has 0 aliphatic carbocycles. The third-order valence-corrected chi connectivity index (χ3v) is 3.38.